The molecule has 0 amide bonds. The lowest BCUT2D eigenvalue weighted by atomic mass is 10.1. The fourth-order valence-electron chi connectivity index (χ4n) is 1.92. The lowest BCUT2D eigenvalue weighted by molar-refractivity contribution is 0.156. The summed E-state index contributed by atoms with van der Waals surface area (Å²) in [6, 6.07) is 9.45. The molecule has 3 nitrogen and oxygen atoms in total. The van der Waals surface area contributed by atoms with Crippen molar-refractivity contribution in [1.82, 2.24) is 4.98 Å². The van der Waals surface area contributed by atoms with Crippen LogP contribution in [0.1, 0.15) is 5.69 Å². The number of nitrogens with two attached hydrogens (primary N) is 1. The maximum Gasteiger partial charge on any atom is 0.255 e. The SMILES string of the molecule is CN(CC(F)F)c1nc(CN)cc2ccccc12. The molecule has 0 saturated carbocycles. The van der Waals surface area contributed by atoms with Crippen molar-refractivity contribution in [3.8, 4) is 0 Å². The van der Waals surface area contributed by atoms with Crippen molar-refractivity contribution in [2.75, 3.05) is 18.5 Å². The third kappa shape index (κ3) is 2.56. The summed E-state index contributed by atoms with van der Waals surface area (Å²) in [4.78, 5) is 5.80. The van der Waals surface area contributed by atoms with Crippen molar-refractivity contribution in [3.63, 3.8) is 0 Å². The molecular weight excluding hydrogens is 236 g/mol. The van der Waals surface area contributed by atoms with Gasteiger partial charge in [0.2, 0.25) is 0 Å². The number of alkyl halides is 2. The van der Waals surface area contributed by atoms with Gasteiger partial charge >= 0.3 is 0 Å². The van der Waals surface area contributed by atoms with Crippen molar-refractivity contribution in [3.05, 3.63) is 36.0 Å². The number of benzene rings is 1. The highest BCUT2D eigenvalue weighted by Gasteiger charge is 2.13. The summed E-state index contributed by atoms with van der Waals surface area (Å²) in [5.41, 5.74) is 6.28. The Morgan fingerprint density at radius 2 is 2.06 bits per heavy atom. The van der Waals surface area contributed by atoms with Crippen LogP contribution in [0.5, 0.6) is 0 Å². The highest BCUT2D eigenvalue weighted by Crippen LogP contribution is 2.25. The Hall–Kier alpha value is -1.75. The number of rotatable bonds is 4. The number of fused-ring (bicyclic) bond motifs is 1. The molecule has 0 spiro atoms. The van der Waals surface area contributed by atoms with E-state index < -0.39 is 6.43 Å². The van der Waals surface area contributed by atoms with Gasteiger partial charge in [0.15, 0.2) is 0 Å². The van der Waals surface area contributed by atoms with Crippen LogP contribution < -0.4 is 10.6 Å². The minimum Gasteiger partial charge on any atom is -0.353 e. The van der Waals surface area contributed by atoms with Gasteiger partial charge in [0.05, 0.1) is 12.2 Å². The second-order valence-electron chi connectivity index (χ2n) is 4.13. The maximum absolute atomic E-state index is 12.5. The van der Waals surface area contributed by atoms with Crippen LogP contribution in [-0.4, -0.2) is 25.0 Å². The van der Waals surface area contributed by atoms with Gasteiger partial charge in [-0.15, -0.1) is 0 Å². The van der Waals surface area contributed by atoms with Gasteiger partial charge in [0.1, 0.15) is 5.82 Å². The second-order valence-corrected chi connectivity index (χ2v) is 4.13. The number of pyridine rings is 1. The molecule has 0 aliphatic heterocycles. The van der Waals surface area contributed by atoms with Crippen LogP contribution in [0.15, 0.2) is 30.3 Å². The van der Waals surface area contributed by atoms with Crippen LogP contribution in [0.3, 0.4) is 0 Å². The van der Waals surface area contributed by atoms with Crippen LogP contribution >= 0.6 is 0 Å². The minimum atomic E-state index is -2.39. The first-order valence-corrected chi connectivity index (χ1v) is 5.70. The molecule has 0 unspecified atom stereocenters. The zero-order valence-corrected chi connectivity index (χ0v) is 10.1. The highest BCUT2D eigenvalue weighted by molar-refractivity contribution is 5.92. The quantitative estimate of drug-likeness (QED) is 0.907. The molecule has 0 fully saturated rings. The first-order chi connectivity index (χ1) is 8.61. The highest BCUT2D eigenvalue weighted by atomic mass is 19.3. The molecule has 2 aromatic rings. The van der Waals surface area contributed by atoms with E-state index in [0.29, 0.717) is 18.1 Å². The first kappa shape index (κ1) is 12.7. The fourth-order valence-corrected chi connectivity index (χ4v) is 1.92. The Bertz CT molecular complexity index is 543. The van der Waals surface area contributed by atoms with E-state index in [2.05, 4.69) is 4.98 Å². The third-order valence-electron chi connectivity index (χ3n) is 2.76. The predicted octanol–water partition coefficient (Wildman–Crippen LogP) is 2.39. The molecule has 2 N–H and O–H groups in total. The van der Waals surface area contributed by atoms with E-state index in [1.165, 1.54) is 4.90 Å². The van der Waals surface area contributed by atoms with Gasteiger partial charge in [-0.25, -0.2) is 13.8 Å². The van der Waals surface area contributed by atoms with E-state index in [-0.39, 0.29) is 6.54 Å². The molecule has 0 bridgehead atoms. The molecule has 1 aromatic heterocycles. The molecular formula is C13H15F2N3. The first-order valence-electron chi connectivity index (χ1n) is 5.70. The lowest BCUT2D eigenvalue weighted by Crippen LogP contribution is -2.25. The molecule has 0 radical (unpaired) electrons. The van der Waals surface area contributed by atoms with E-state index >= 15 is 0 Å². The Morgan fingerprint density at radius 3 is 2.72 bits per heavy atom. The van der Waals surface area contributed by atoms with Gasteiger partial charge in [-0.1, -0.05) is 24.3 Å². The molecule has 2 rings (SSSR count). The zero-order chi connectivity index (χ0) is 13.1. The summed E-state index contributed by atoms with van der Waals surface area (Å²) in [5, 5.41) is 1.82. The topological polar surface area (TPSA) is 42.2 Å². The van der Waals surface area contributed by atoms with Gasteiger partial charge in [0, 0.05) is 19.0 Å². The third-order valence-corrected chi connectivity index (χ3v) is 2.76. The minimum absolute atomic E-state index is 0.292. The van der Waals surface area contributed by atoms with Crippen molar-refractivity contribution in [2.24, 2.45) is 5.73 Å². The van der Waals surface area contributed by atoms with Crippen LogP contribution in [0, 0.1) is 0 Å². The second kappa shape index (κ2) is 5.27. The number of nitrogens with zero attached hydrogens (tertiary/aromatic N) is 2. The summed E-state index contributed by atoms with van der Waals surface area (Å²) in [7, 11) is 1.61. The number of hydrogen-bond acceptors (Lipinski definition) is 3. The average Bonchev–Trinajstić information content (AvgIpc) is 2.36. The molecule has 0 saturated heterocycles. The normalized spacial score (nSPS) is 11.2. The Balaban J connectivity index is 2.53. The van der Waals surface area contributed by atoms with Crippen molar-refractivity contribution >= 4 is 16.6 Å². The summed E-state index contributed by atoms with van der Waals surface area (Å²) in [6.45, 7) is -0.0502. The van der Waals surface area contributed by atoms with Crippen LogP contribution in [0.2, 0.25) is 0 Å². The summed E-state index contributed by atoms with van der Waals surface area (Å²) >= 11 is 0. The predicted molar refractivity (Wildman–Crippen MR) is 68.9 cm³/mol. The summed E-state index contributed by atoms with van der Waals surface area (Å²) in [5.74, 6) is 0.550. The summed E-state index contributed by atoms with van der Waals surface area (Å²) < 4.78 is 24.9. The van der Waals surface area contributed by atoms with Crippen LogP contribution in [-0.2, 0) is 6.54 Å². The Morgan fingerprint density at radius 1 is 1.33 bits per heavy atom. The Kier molecular flexibility index (Phi) is 3.72. The van der Waals surface area contributed by atoms with Crippen LogP contribution in [0.25, 0.3) is 10.8 Å². The van der Waals surface area contributed by atoms with Crippen molar-refractivity contribution in [2.45, 2.75) is 13.0 Å². The molecule has 0 aliphatic carbocycles. The zero-order valence-electron chi connectivity index (χ0n) is 10.1. The molecule has 1 aromatic carbocycles. The Labute approximate surface area is 104 Å². The van der Waals surface area contributed by atoms with Gasteiger partial charge in [0.25, 0.3) is 6.43 Å². The molecule has 0 aliphatic rings. The number of halogens is 2. The molecule has 96 valence electrons. The van der Waals surface area contributed by atoms with E-state index in [4.69, 9.17) is 5.73 Å². The van der Waals surface area contributed by atoms with Crippen LogP contribution in [0.4, 0.5) is 14.6 Å². The summed E-state index contributed by atoms with van der Waals surface area (Å²) in [6.07, 6.45) is -2.39. The van der Waals surface area contributed by atoms with E-state index in [0.717, 1.165) is 10.8 Å². The largest absolute Gasteiger partial charge is 0.353 e. The van der Waals surface area contributed by atoms with E-state index in [1.54, 1.807) is 7.05 Å². The molecule has 5 heteroatoms. The molecule has 1 heterocycles. The van der Waals surface area contributed by atoms with Crippen molar-refractivity contribution in [1.29, 1.82) is 0 Å². The maximum atomic E-state index is 12.5. The number of anilines is 1. The number of hydrogen-bond donors (Lipinski definition) is 1. The van der Waals surface area contributed by atoms with Gasteiger partial charge in [-0.3, -0.25) is 0 Å². The molecule has 18 heavy (non-hydrogen) atoms. The standard InChI is InChI=1S/C13H15F2N3/c1-18(8-12(14)15)13-11-5-3-2-4-9(11)6-10(7-16)17-13/h2-6,12H,7-8,16H2,1H3. The van der Waals surface area contributed by atoms with E-state index in [9.17, 15) is 8.78 Å². The molecule has 0 atom stereocenters. The fraction of sp³-hybridized carbons (Fsp3) is 0.308. The monoisotopic (exact) mass is 251 g/mol. The lowest BCUT2D eigenvalue weighted by Gasteiger charge is -2.20. The smallest absolute Gasteiger partial charge is 0.255 e. The van der Waals surface area contributed by atoms with Gasteiger partial charge in [-0.05, 0) is 11.5 Å². The average molecular weight is 251 g/mol. The van der Waals surface area contributed by atoms with Crippen molar-refractivity contribution < 1.29 is 8.78 Å². The number of aromatic nitrogens is 1. The van der Waals surface area contributed by atoms with Gasteiger partial charge in [-0.2, -0.15) is 0 Å². The van der Waals surface area contributed by atoms with E-state index in [1.807, 2.05) is 30.3 Å². The van der Waals surface area contributed by atoms with Gasteiger partial charge < -0.3 is 10.6 Å².